The van der Waals surface area contributed by atoms with Crippen LogP contribution in [0.5, 0.6) is 0 Å². The normalized spacial score (nSPS) is 19.4. The van der Waals surface area contributed by atoms with Crippen molar-refractivity contribution >= 4 is 33.2 Å². The summed E-state index contributed by atoms with van der Waals surface area (Å²) in [7, 11) is 0. The van der Waals surface area contributed by atoms with Crippen molar-refractivity contribution in [3.63, 3.8) is 0 Å². The van der Waals surface area contributed by atoms with Gasteiger partial charge in [-0.1, -0.05) is 61.9 Å². The number of benzene rings is 3. The van der Waals surface area contributed by atoms with Crippen molar-refractivity contribution in [1.29, 1.82) is 0 Å². The van der Waals surface area contributed by atoms with Gasteiger partial charge in [-0.2, -0.15) is 0 Å². The quantitative estimate of drug-likeness (QED) is 0.257. The van der Waals surface area contributed by atoms with Gasteiger partial charge in [0.2, 0.25) is 0 Å². The molecule has 6 rings (SSSR count). The van der Waals surface area contributed by atoms with Crippen LogP contribution in [0, 0.1) is 12.8 Å². The number of aliphatic hydroxyl groups is 1. The van der Waals surface area contributed by atoms with E-state index in [-0.39, 0.29) is 12.1 Å². The Labute approximate surface area is 231 Å². The number of hydrogen-bond acceptors (Lipinski definition) is 4. The molecule has 4 heteroatoms. The second kappa shape index (κ2) is 9.91. The number of furan rings is 1. The molecule has 2 aliphatic heterocycles. The van der Waals surface area contributed by atoms with Crippen LogP contribution in [0.2, 0.25) is 0 Å². The summed E-state index contributed by atoms with van der Waals surface area (Å²) >= 11 is 0. The lowest BCUT2D eigenvalue weighted by molar-refractivity contribution is 0.0708. The van der Waals surface area contributed by atoms with Crippen LogP contribution in [0.4, 0.5) is 5.69 Å². The minimum atomic E-state index is -0.404. The Morgan fingerprint density at radius 2 is 1.82 bits per heavy atom. The van der Waals surface area contributed by atoms with Crippen LogP contribution >= 0.6 is 0 Å². The zero-order chi connectivity index (χ0) is 27.4. The first-order valence-electron chi connectivity index (χ1n) is 14.3. The highest BCUT2D eigenvalue weighted by molar-refractivity contribution is 6.08. The van der Waals surface area contributed by atoms with Crippen LogP contribution < -0.4 is 4.90 Å². The number of para-hydroxylation sites is 1. The fourth-order valence-electron chi connectivity index (χ4n) is 6.49. The van der Waals surface area contributed by atoms with Gasteiger partial charge in [-0.25, -0.2) is 0 Å². The smallest absolute Gasteiger partial charge is 0.137 e. The van der Waals surface area contributed by atoms with E-state index in [1.807, 2.05) is 19.9 Å². The molecule has 0 spiro atoms. The molecule has 3 aromatic carbocycles. The van der Waals surface area contributed by atoms with Crippen LogP contribution in [0.3, 0.4) is 0 Å². The highest BCUT2D eigenvalue weighted by Crippen LogP contribution is 2.51. The van der Waals surface area contributed by atoms with Crippen LogP contribution in [-0.4, -0.2) is 17.3 Å². The molecule has 0 saturated carbocycles. The molecule has 202 valence electrons. The number of rotatable bonds is 6. The molecule has 0 fully saturated rings. The third-order valence-electron chi connectivity index (χ3n) is 8.09. The summed E-state index contributed by atoms with van der Waals surface area (Å²) in [6, 6.07) is 19.8. The number of hydrogen-bond donors (Lipinski definition) is 1. The summed E-state index contributed by atoms with van der Waals surface area (Å²) in [4.78, 5) is 2.48. The standard InChI is InChI=1S/C35H39NO3/c1-20(2)13-26-17-32-28-14-21(3)11-12-25(28)16-31(24(6)38-23(5)15-22(4)37)36(32)33-19-35-30(18-29(26)33)27-9-7-8-10-34(27)39-35/h7-12,14,17-20,22-23,32,37H,13,15-16H2,1-6H3/b31-24+. The van der Waals surface area contributed by atoms with Crippen molar-refractivity contribution in [2.45, 2.75) is 79.1 Å². The number of aliphatic hydroxyl groups excluding tert-OH is 1. The third-order valence-corrected chi connectivity index (χ3v) is 8.09. The highest BCUT2D eigenvalue weighted by atomic mass is 16.5. The third kappa shape index (κ3) is 4.65. The number of nitrogens with zero attached hydrogens (tertiary/aromatic N) is 1. The molecular weight excluding hydrogens is 482 g/mol. The Balaban J connectivity index is 1.59. The minimum absolute atomic E-state index is 0.0791. The first kappa shape index (κ1) is 25.8. The molecule has 3 atom stereocenters. The van der Waals surface area contributed by atoms with Crippen molar-refractivity contribution in [2.24, 2.45) is 5.92 Å². The van der Waals surface area contributed by atoms with Gasteiger partial charge < -0.3 is 19.2 Å². The van der Waals surface area contributed by atoms with Gasteiger partial charge in [-0.3, -0.25) is 0 Å². The van der Waals surface area contributed by atoms with Gasteiger partial charge in [0.15, 0.2) is 0 Å². The predicted octanol–water partition coefficient (Wildman–Crippen LogP) is 8.85. The maximum atomic E-state index is 9.96. The Kier molecular flexibility index (Phi) is 6.55. The molecule has 1 aromatic heterocycles. The van der Waals surface area contributed by atoms with Gasteiger partial charge in [0.25, 0.3) is 0 Å². The molecule has 1 N–H and O–H groups in total. The van der Waals surface area contributed by atoms with E-state index in [1.165, 1.54) is 39.2 Å². The molecular formula is C35H39NO3. The van der Waals surface area contributed by atoms with Crippen molar-refractivity contribution in [1.82, 2.24) is 0 Å². The van der Waals surface area contributed by atoms with Crippen molar-refractivity contribution < 1.29 is 14.3 Å². The summed E-state index contributed by atoms with van der Waals surface area (Å²) in [6.45, 7) is 12.7. The lowest BCUT2D eigenvalue weighted by Crippen LogP contribution is -2.37. The largest absolute Gasteiger partial charge is 0.493 e. The molecule has 0 amide bonds. The van der Waals surface area contributed by atoms with Crippen LogP contribution in [-0.2, 0) is 11.2 Å². The molecule has 0 bridgehead atoms. The second-order valence-corrected chi connectivity index (χ2v) is 12.0. The lowest BCUT2D eigenvalue weighted by Gasteiger charge is -2.44. The van der Waals surface area contributed by atoms with Gasteiger partial charge >= 0.3 is 0 Å². The first-order valence-corrected chi connectivity index (χ1v) is 14.3. The van der Waals surface area contributed by atoms with E-state index in [4.69, 9.17) is 9.15 Å². The van der Waals surface area contributed by atoms with Gasteiger partial charge in [0, 0.05) is 35.2 Å². The van der Waals surface area contributed by atoms with E-state index in [0.29, 0.717) is 12.3 Å². The SMILES string of the molecule is C/C(OC(C)CC(C)O)=C1/Cc2ccc(C)cc2C2C=C(CC(C)C)c3cc4c(cc3N12)oc1ccccc14. The number of ether oxygens (including phenoxy) is 1. The monoisotopic (exact) mass is 521 g/mol. The zero-order valence-electron chi connectivity index (χ0n) is 23.9. The Hall–Kier alpha value is -3.50. The van der Waals surface area contributed by atoms with Crippen molar-refractivity contribution in [2.75, 3.05) is 4.90 Å². The van der Waals surface area contributed by atoms with Crippen LogP contribution in [0.15, 0.2) is 76.5 Å². The van der Waals surface area contributed by atoms with E-state index >= 15 is 0 Å². The Bertz CT molecular complexity index is 1620. The van der Waals surface area contributed by atoms with Crippen molar-refractivity contribution in [3.05, 3.63) is 94.4 Å². The van der Waals surface area contributed by atoms with Crippen LogP contribution in [0.1, 0.15) is 75.8 Å². The number of aryl methyl sites for hydroxylation is 1. The summed E-state index contributed by atoms with van der Waals surface area (Å²) in [5, 5.41) is 12.3. The zero-order valence-corrected chi connectivity index (χ0v) is 23.9. The van der Waals surface area contributed by atoms with Gasteiger partial charge in [0.05, 0.1) is 29.6 Å². The predicted molar refractivity (Wildman–Crippen MR) is 161 cm³/mol. The maximum absolute atomic E-state index is 9.96. The summed E-state index contributed by atoms with van der Waals surface area (Å²) in [5.41, 5.74) is 10.8. The molecule has 0 aliphatic carbocycles. The fourth-order valence-corrected chi connectivity index (χ4v) is 6.49. The number of fused-ring (bicyclic) bond motifs is 8. The number of anilines is 1. The highest BCUT2D eigenvalue weighted by Gasteiger charge is 2.37. The molecule has 0 saturated heterocycles. The van der Waals surface area contributed by atoms with E-state index < -0.39 is 6.10 Å². The minimum Gasteiger partial charge on any atom is -0.493 e. The van der Waals surface area contributed by atoms with Gasteiger partial charge in [0.1, 0.15) is 16.9 Å². The van der Waals surface area contributed by atoms with E-state index in [2.05, 4.69) is 87.2 Å². The molecule has 4 nitrogen and oxygen atoms in total. The summed E-state index contributed by atoms with van der Waals surface area (Å²) in [6.07, 6.45) is 4.41. The molecule has 2 aliphatic rings. The first-order chi connectivity index (χ1) is 18.7. The van der Waals surface area contributed by atoms with Crippen molar-refractivity contribution in [3.8, 4) is 0 Å². The number of allylic oxidation sites excluding steroid dienone is 3. The molecule has 3 unspecified atom stereocenters. The second-order valence-electron chi connectivity index (χ2n) is 12.0. The summed E-state index contributed by atoms with van der Waals surface area (Å²) in [5.74, 6) is 1.45. The van der Waals surface area contributed by atoms with Gasteiger partial charge in [-0.05, 0) is 68.9 Å². The topological polar surface area (TPSA) is 45.8 Å². The Morgan fingerprint density at radius 3 is 2.59 bits per heavy atom. The van der Waals surface area contributed by atoms with E-state index in [9.17, 15) is 5.11 Å². The molecule has 4 aromatic rings. The molecule has 3 heterocycles. The van der Waals surface area contributed by atoms with E-state index in [1.54, 1.807) is 0 Å². The lowest BCUT2D eigenvalue weighted by atomic mass is 9.81. The van der Waals surface area contributed by atoms with Crippen LogP contribution in [0.25, 0.3) is 27.5 Å². The maximum Gasteiger partial charge on any atom is 0.137 e. The average Bonchev–Trinajstić information content (AvgIpc) is 3.24. The van der Waals surface area contributed by atoms with Gasteiger partial charge in [-0.15, -0.1) is 0 Å². The summed E-state index contributed by atoms with van der Waals surface area (Å²) < 4.78 is 12.9. The fraction of sp³-hybridized carbons (Fsp3) is 0.371. The Morgan fingerprint density at radius 1 is 1.03 bits per heavy atom. The average molecular weight is 522 g/mol. The molecule has 0 radical (unpaired) electrons. The van der Waals surface area contributed by atoms with E-state index in [0.717, 1.165) is 40.5 Å². The molecule has 39 heavy (non-hydrogen) atoms.